The van der Waals surface area contributed by atoms with Crippen LogP contribution in [0.4, 0.5) is 0 Å². The van der Waals surface area contributed by atoms with Gasteiger partial charge in [-0.2, -0.15) is 6.07 Å². The molecule has 0 heterocycles. The van der Waals surface area contributed by atoms with Crippen molar-refractivity contribution in [1.82, 2.24) is 0 Å². The summed E-state index contributed by atoms with van der Waals surface area (Å²) in [4.78, 5) is 18.5. The predicted octanol–water partition coefficient (Wildman–Crippen LogP) is -2.14. The SMILES string of the molecule is COc1ccccc1[C-]=O.O=CO.[Na+]. The quantitative estimate of drug-likeness (QED) is 0.339. The molecule has 0 aliphatic heterocycles. The Kier molecular flexibility index (Phi) is 11.4. The summed E-state index contributed by atoms with van der Waals surface area (Å²) in [7, 11) is 1.52. The number of methoxy groups -OCH3 is 1. The van der Waals surface area contributed by atoms with Gasteiger partial charge in [0.05, 0.1) is 13.4 Å². The molecular weight excluding hydrogens is 195 g/mol. The average molecular weight is 204 g/mol. The number of rotatable bonds is 2. The van der Waals surface area contributed by atoms with E-state index in [0.29, 0.717) is 11.3 Å². The molecule has 0 atom stereocenters. The second kappa shape index (κ2) is 10.2. The van der Waals surface area contributed by atoms with Gasteiger partial charge in [0, 0.05) is 5.75 Å². The number of para-hydroxylation sites is 1. The standard InChI is InChI=1S/C8H7O2.CH2O2.Na/c1-10-8-5-3-2-4-7(8)6-9;2-1-3;/h2-5H,1H3;1H,(H,2,3);/q-1;;+1. The van der Waals surface area contributed by atoms with E-state index in [4.69, 9.17) is 14.6 Å². The Balaban J connectivity index is 0. The molecule has 0 unspecified atom stereocenters. The number of ether oxygens (including phenoxy) is 1. The molecule has 0 saturated heterocycles. The third kappa shape index (κ3) is 5.75. The van der Waals surface area contributed by atoms with E-state index in [1.54, 1.807) is 30.6 Å². The van der Waals surface area contributed by atoms with Crippen LogP contribution in [-0.4, -0.2) is 25.0 Å². The number of benzene rings is 1. The number of carbonyl (C=O) groups excluding carboxylic acids is 1. The van der Waals surface area contributed by atoms with Gasteiger partial charge < -0.3 is 14.6 Å². The average Bonchev–Trinajstić information content (AvgIpc) is 2.19. The van der Waals surface area contributed by atoms with Gasteiger partial charge >= 0.3 is 29.6 Å². The van der Waals surface area contributed by atoms with Gasteiger partial charge in [0.25, 0.3) is 6.47 Å². The first-order valence-corrected chi connectivity index (χ1v) is 3.39. The molecule has 5 heteroatoms. The van der Waals surface area contributed by atoms with Crippen LogP contribution in [0.5, 0.6) is 5.75 Å². The van der Waals surface area contributed by atoms with Gasteiger partial charge in [-0.05, 0) is 0 Å². The summed E-state index contributed by atoms with van der Waals surface area (Å²) in [5.74, 6) is 0.567. The number of hydrogen-bond donors (Lipinski definition) is 1. The van der Waals surface area contributed by atoms with Gasteiger partial charge in [0.1, 0.15) is 0 Å². The van der Waals surface area contributed by atoms with Crippen LogP contribution in [0.2, 0.25) is 0 Å². The van der Waals surface area contributed by atoms with Gasteiger partial charge in [0.15, 0.2) is 0 Å². The van der Waals surface area contributed by atoms with E-state index in [1.165, 1.54) is 7.11 Å². The fourth-order valence-corrected chi connectivity index (χ4v) is 0.729. The number of hydrogen-bond acceptors (Lipinski definition) is 3. The molecule has 14 heavy (non-hydrogen) atoms. The van der Waals surface area contributed by atoms with Gasteiger partial charge in [-0.1, -0.05) is 12.1 Å². The topological polar surface area (TPSA) is 63.6 Å². The van der Waals surface area contributed by atoms with E-state index in [-0.39, 0.29) is 36.0 Å². The smallest absolute Gasteiger partial charge is 0.553 e. The van der Waals surface area contributed by atoms with Crippen LogP contribution in [0, 0.1) is 0 Å². The van der Waals surface area contributed by atoms with Crippen molar-refractivity contribution in [3.05, 3.63) is 29.8 Å². The Morgan fingerprint density at radius 1 is 1.43 bits per heavy atom. The molecule has 0 fully saturated rings. The molecular formula is C9H9NaO4. The molecule has 0 spiro atoms. The summed E-state index contributed by atoms with van der Waals surface area (Å²) in [5, 5.41) is 6.89. The van der Waals surface area contributed by atoms with Crippen molar-refractivity contribution in [2.45, 2.75) is 0 Å². The van der Waals surface area contributed by atoms with Crippen LogP contribution < -0.4 is 34.3 Å². The Morgan fingerprint density at radius 2 is 1.93 bits per heavy atom. The minimum atomic E-state index is -0.250. The Morgan fingerprint density at radius 3 is 2.29 bits per heavy atom. The molecule has 4 nitrogen and oxygen atoms in total. The summed E-state index contributed by atoms with van der Waals surface area (Å²) in [6.07, 6.45) is 1.77. The maximum Gasteiger partial charge on any atom is 1.00 e. The summed E-state index contributed by atoms with van der Waals surface area (Å²) in [6, 6.07) is 6.95. The fraction of sp³-hybridized carbons (Fsp3) is 0.111. The summed E-state index contributed by atoms with van der Waals surface area (Å²) >= 11 is 0. The van der Waals surface area contributed by atoms with Crippen LogP contribution in [0.1, 0.15) is 5.56 Å². The van der Waals surface area contributed by atoms with Crippen molar-refractivity contribution in [3.8, 4) is 5.75 Å². The minimum absolute atomic E-state index is 0. The maximum absolute atomic E-state index is 10.2. The molecule has 0 bridgehead atoms. The van der Waals surface area contributed by atoms with Gasteiger partial charge in [-0.25, -0.2) is 0 Å². The van der Waals surface area contributed by atoms with Crippen molar-refractivity contribution in [1.29, 1.82) is 0 Å². The monoisotopic (exact) mass is 204 g/mol. The molecule has 0 saturated carbocycles. The maximum atomic E-state index is 10.2. The zero-order chi connectivity index (χ0) is 10.1. The number of carboxylic acid groups (broad SMARTS) is 1. The van der Waals surface area contributed by atoms with Crippen LogP contribution in [0.3, 0.4) is 0 Å². The molecule has 70 valence electrons. The van der Waals surface area contributed by atoms with Crippen molar-refractivity contribution in [3.63, 3.8) is 0 Å². The summed E-state index contributed by atoms with van der Waals surface area (Å²) < 4.78 is 4.87. The molecule has 0 amide bonds. The van der Waals surface area contributed by atoms with E-state index < -0.39 is 0 Å². The summed E-state index contributed by atoms with van der Waals surface area (Å²) in [6.45, 7) is -0.250. The molecule has 1 aromatic rings. The molecule has 0 aliphatic rings. The first-order chi connectivity index (χ1) is 6.29. The first-order valence-electron chi connectivity index (χ1n) is 3.39. The Bertz CT molecular complexity index is 275. The second-order valence-electron chi connectivity index (χ2n) is 1.91. The second-order valence-corrected chi connectivity index (χ2v) is 1.91. The fourth-order valence-electron chi connectivity index (χ4n) is 0.729. The zero-order valence-electron chi connectivity index (χ0n) is 8.06. The van der Waals surface area contributed by atoms with Crippen molar-refractivity contribution < 1.29 is 49.0 Å². The largest absolute Gasteiger partial charge is 1.00 e. The minimum Gasteiger partial charge on any atom is -0.553 e. The van der Waals surface area contributed by atoms with E-state index in [9.17, 15) is 4.79 Å². The molecule has 1 rings (SSSR count). The predicted molar refractivity (Wildman–Crippen MR) is 46.5 cm³/mol. The van der Waals surface area contributed by atoms with E-state index >= 15 is 0 Å². The van der Waals surface area contributed by atoms with Crippen LogP contribution in [0.25, 0.3) is 0 Å². The van der Waals surface area contributed by atoms with E-state index in [1.807, 2.05) is 0 Å². The molecule has 1 N–H and O–H groups in total. The molecule has 0 aromatic heterocycles. The van der Waals surface area contributed by atoms with Gasteiger partial charge in [-0.15, -0.1) is 11.6 Å². The molecule has 0 aliphatic carbocycles. The van der Waals surface area contributed by atoms with E-state index in [0.717, 1.165) is 0 Å². The summed E-state index contributed by atoms with van der Waals surface area (Å²) in [5.41, 5.74) is 0.463. The van der Waals surface area contributed by atoms with Crippen molar-refractivity contribution in [2.24, 2.45) is 0 Å². The van der Waals surface area contributed by atoms with Crippen LogP contribution >= 0.6 is 0 Å². The van der Waals surface area contributed by atoms with Crippen molar-refractivity contribution in [2.75, 3.05) is 7.11 Å². The molecule has 1 aromatic carbocycles. The normalized spacial score (nSPS) is 7.21. The van der Waals surface area contributed by atoms with Gasteiger partial charge in [-0.3, -0.25) is 4.79 Å². The third-order valence-corrected chi connectivity index (χ3v) is 1.22. The first kappa shape index (κ1) is 15.6. The van der Waals surface area contributed by atoms with E-state index in [2.05, 4.69) is 0 Å². The van der Waals surface area contributed by atoms with Gasteiger partial charge in [0.2, 0.25) is 0 Å². The molecule has 0 radical (unpaired) electrons. The van der Waals surface area contributed by atoms with Crippen molar-refractivity contribution >= 4 is 12.8 Å². The third-order valence-electron chi connectivity index (χ3n) is 1.22. The zero-order valence-corrected chi connectivity index (χ0v) is 10.1. The van der Waals surface area contributed by atoms with Crippen LogP contribution in [-0.2, 0) is 9.59 Å². The Hall–Kier alpha value is -0.840. The number of carbonyl (C=O) groups is 1. The van der Waals surface area contributed by atoms with Crippen LogP contribution in [0.15, 0.2) is 24.3 Å². The Labute approximate surface area is 104 Å².